The molecule has 6 heteroatoms. The number of likely N-dealkylation sites (N-methyl/N-ethyl adjacent to an activating group) is 1. The molecule has 0 radical (unpaired) electrons. The fourth-order valence-corrected chi connectivity index (χ4v) is 3.03. The van der Waals surface area contributed by atoms with E-state index in [1.807, 2.05) is 32.8 Å². The minimum absolute atomic E-state index is 0.0609. The lowest BCUT2D eigenvalue weighted by Crippen LogP contribution is -2.37. The molecule has 0 bridgehead atoms. The lowest BCUT2D eigenvalue weighted by Gasteiger charge is -2.28. The van der Waals surface area contributed by atoms with Gasteiger partial charge in [0, 0.05) is 24.0 Å². The molecule has 1 N–H and O–H groups in total. The van der Waals surface area contributed by atoms with Crippen LogP contribution < -0.4 is 0 Å². The Balaban J connectivity index is 2.83. The van der Waals surface area contributed by atoms with Crippen molar-refractivity contribution in [2.45, 2.75) is 26.8 Å². The SMILES string of the molecule is Cc1nc(C)c(C(C)N(CCN(C)C)CC(=O)O)s1. The van der Waals surface area contributed by atoms with Crippen LogP contribution in [0, 0.1) is 13.8 Å². The second-order valence-electron chi connectivity index (χ2n) is 5.03. The summed E-state index contributed by atoms with van der Waals surface area (Å²) in [5, 5.41) is 10.1. The van der Waals surface area contributed by atoms with Gasteiger partial charge in [0.15, 0.2) is 0 Å². The average Bonchev–Trinajstić information content (AvgIpc) is 2.62. The molecule has 108 valence electrons. The molecular weight excluding hydrogens is 262 g/mol. The second-order valence-corrected chi connectivity index (χ2v) is 6.26. The summed E-state index contributed by atoms with van der Waals surface area (Å²) < 4.78 is 0. The van der Waals surface area contributed by atoms with Crippen LogP contribution in [-0.4, -0.2) is 59.6 Å². The Kier molecular flexibility index (Phi) is 5.90. The molecule has 0 aliphatic carbocycles. The number of carbonyl (C=O) groups is 1. The Labute approximate surface area is 118 Å². The zero-order valence-electron chi connectivity index (χ0n) is 12.3. The van der Waals surface area contributed by atoms with E-state index in [1.165, 1.54) is 0 Å². The Morgan fingerprint density at radius 1 is 1.37 bits per heavy atom. The van der Waals surface area contributed by atoms with Gasteiger partial charge in [0.05, 0.1) is 17.2 Å². The van der Waals surface area contributed by atoms with E-state index in [0.29, 0.717) is 0 Å². The van der Waals surface area contributed by atoms with Crippen molar-refractivity contribution in [1.82, 2.24) is 14.8 Å². The molecule has 1 unspecified atom stereocenters. The number of aryl methyl sites for hydroxylation is 2. The van der Waals surface area contributed by atoms with Gasteiger partial charge in [0.25, 0.3) is 0 Å². The van der Waals surface area contributed by atoms with Crippen LogP contribution in [0.5, 0.6) is 0 Å². The third-order valence-corrected chi connectivity index (χ3v) is 4.28. The zero-order chi connectivity index (χ0) is 14.6. The van der Waals surface area contributed by atoms with Gasteiger partial charge in [-0.05, 0) is 34.9 Å². The maximum atomic E-state index is 11.0. The fourth-order valence-electron chi connectivity index (χ4n) is 2.01. The van der Waals surface area contributed by atoms with Crippen molar-refractivity contribution in [1.29, 1.82) is 0 Å². The normalized spacial score (nSPS) is 13.2. The van der Waals surface area contributed by atoms with Gasteiger partial charge in [-0.3, -0.25) is 9.69 Å². The molecule has 1 rings (SSSR count). The lowest BCUT2D eigenvalue weighted by molar-refractivity contribution is -0.138. The first kappa shape index (κ1) is 16.1. The minimum Gasteiger partial charge on any atom is -0.480 e. The second kappa shape index (κ2) is 6.98. The van der Waals surface area contributed by atoms with Crippen LogP contribution in [0.2, 0.25) is 0 Å². The molecule has 0 saturated heterocycles. The van der Waals surface area contributed by atoms with Crippen molar-refractivity contribution in [3.63, 3.8) is 0 Å². The number of thiazole rings is 1. The molecule has 0 aromatic carbocycles. The van der Waals surface area contributed by atoms with Crippen LogP contribution in [0.4, 0.5) is 0 Å². The summed E-state index contributed by atoms with van der Waals surface area (Å²) in [6.45, 7) is 7.66. The third kappa shape index (κ3) is 4.89. The molecule has 0 saturated carbocycles. The smallest absolute Gasteiger partial charge is 0.317 e. The van der Waals surface area contributed by atoms with Crippen molar-refractivity contribution in [3.8, 4) is 0 Å². The Hall–Kier alpha value is -0.980. The third-order valence-electron chi connectivity index (χ3n) is 3.04. The molecule has 1 aromatic rings. The van der Waals surface area contributed by atoms with Gasteiger partial charge in [0.1, 0.15) is 0 Å². The highest BCUT2D eigenvalue weighted by molar-refractivity contribution is 7.11. The van der Waals surface area contributed by atoms with Gasteiger partial charge in [0.2, 0.25) is 0 Å². The quantitative estimate of drug-likeness (QED) is 0.827. The minimum atomic E-state index is -0.788. The summed E-state index contributed by atoms with van der Waals surface area (Å²) >= 11 is 1.65. The molecule has 1 aromatic heterocycles. The molecule has 0 aliphatic rings. The van der Waals surface area contributed by atoms with Crippen molar-refractivity contribution in [2.24, 2.45) is 0 Å². The number of hydrogen-bond acceptors (Lipinski definition) is 5. The van der Waals surface area contributed by atoms with Gasteiger partial charge in [-0.25, -0.2) is 4.98 Å². The molecule has 19 heavy (non-hydrogen) atoms. The number of nitrogens with zero attached hydrogens (tertiary/aromatic N) is 3. The summed E-state index contributed by atoms with van der Waals surface area (Å²) in [4.78, 5) is 20.7. The predicted octanol–water partition coefficient (Wildman–Crippen LogP) is 1.77. The number of rotatable bonds is 7. The molecule has 1 atom stereocenters. The molecular formula is C13H23N3O2S. The Morgan fingerprint density at radius 2 is 2.00 bits per heavy atom. The van der Waals surface area contributed by atoms with Crippen LogP contribution in [-0.2, 0) is 4.79 Å². The largest absolute Gasteiger partial charge is 0.480 e. The molecule has 5 nitrogen and oxygen atoms in total. The van der Waals surface area contributed by atoms with Gasteiger partial charge in [-0.15, -0.1) is 11.3 Å². The van der Waals surface area contributed by atoms with Crippen molar-refractivity contribution >= 4 is 17.3 Å². The molecule has 1 heterocycles. The summed E-state index contributed by atoms with van der Waals surface area (Å²) in [5.74, 6) is -0.788. The van der Waals surface area contributed by atoms with Crippen LogP contribution in [0.1, 0.15) is 28.5 Å². The Bertz CT molecular complexity index is 432. The number of carboxylic acid groups (broad SMARTS) is 1. The van der Waals surface area contributed by atoms with Crippen LogP contribution >= 0.6 is 11.3 Å². The number of carboxylic acids is 1. The highest BCUT2D eigenvalue weighted by Gasteiger charge is 2.22. The summed E-state index contributed by atoms with van der Waals surface area (Å²) in [7, 11) is 3.98. The topological polar surface area (TPSA) is 56.7 Å². The molecule has 0 aliphatic heterocycles. The molecule has 0 amide bonds. The maximum absolute atomic E-state index is 11.0. The number of hydrogen-bond donors (Lipinski definition) is 1. The van der Waals surface area contributed by atoms with Gasteiger partial charge in [-0.2, -0.15) is 0 Å². The molecule has 0 fully saturated rings. The van der Waals surface area contributed by atoms with E-state index in [4.69, 9.17) is 5.11 Å². The number of aromatic nitrogens is 1. The lowest BCUT2D eigenvalue weighted by atomic mass is 10.2. The van der Waals surface area contributed by atoms with E-state index in [2.05, 4.69) is 16.8 Å². The van der Waals surface area contributed by atoms with Gasteiger partial charge < -0.3 is 10.0 Å². The first-order valence-corrected chi connectivity index (χ1v) is 7.17. The first-order valence-electron chi connectivity index (χ1n) is 6.35. The van der Waals surface area contributed by atoms with Crippen LogP contribution in [0.25, 0.3) is 0 Å². The van der Waals surface area contributed by atoms with Crippen molar-refractivity contribution in [3.05, 3.63) is 15.6 Å². The van der Waals surface area contributed by atoms with Crippen molar-refractivity contribution in [2.75, 3.05) is 33.7 Å². The predicted molar refractivity (Wildman–Crippen MR) is 77.8 cm³/mol. The highest BCUT2D eigenvalue weighted by Crippen LogP contribution is 2.28. The van der Waals surface area contributed by atoms with Crippen molar-refractivity contribution < 1.29 is 9.90 Å². The molecule has 0 spiro atoms. The summed E-state index contributed by atoms with van der Waals surface area (Å²) in [6.07, 6.45) is 0. The maximum Gasteiger partial charge on any atom is 0.317 e. The average molecular weight is 285 g/mol. The van der Waals surface area contributed by atoms with Crippen LogP contribution in [0.3, 0.4) is 0 Å². The monoisotopic (exact) mass is 285 g/mol. The zero-order valence-corrected chi connectivity index (χ0v) is 13.1. The van der Waals surface area contributed by atoms with E-state index in [-0.39, 0.29) is 12.6 Å². The van der Waals surface area contributed by atoms with E-state index in [0.717, 1.165) is 28.7 Å². The summed E-state index contributed by atoms with van der Waals surface area (Å²) in [5.41, 5.74) is 1.01. The van der Waals surface area contributed by atoms with E-state index in [9.17, 15) is 4.79 Å². The van der Waals surface area contributed by atoms with E-state index in [1.54, 1.807) is 11.3 Å². The standard InChI is InChI=1S/C13H23N3O2S/c1-9-13(19-11(3)14-9)10(2)16(8-12(17)18)7-6-15(4)5/h10H,6-8H2,1-5H3,(H,17,18). The van der Waals surface area contributed by atoms with E-state index >= 15 is 0 Å². The highest BCUT2D eigenvalue weighted by atomic mass is 32.1. The fraction of sp³-hybridized carbons (Fsp3) is 0.692. The number of aliphatic carboxylic acids is 1. The van der Waals surface area contributed by atoms with Gasteiger partial charge >= 0.3 is 5.97 Å². The summed E-state index contributed by atoms with van der Waals surface area (Å²) in [6, 6.07) is 0.0854. The first-order chi connectivity index (χ1) is 8.81. The van der Waals surface area contributed by atoms with Crippen LogP contribution in [0.15, 0.2) is 0 Å². The van der Waals surface area contributed by atoms with Gasteiger partial charge in [-0.1, -0.05) is 0 Å². The Morgan fingerprint density at radius 3 is 2.42 bits per heavy atom. The van der Waals surface area contributed by atoms with E-state index < -0.39 is 5.97 Å².